The molecule has 0 radical (unpaired) electrons. The minimum absolute atomic E-state index is 0.170. The molecule has 3 nitrogen and oxygen atoms in total. The highest BCUT2D eigenvalue weighted by molar-refractivity contribution is 7.82. The predicted octanol–water partition coefficient (Wildman–Crippen LogP) is 2.67. The van der Waals surface area contributed by atoms with Crippen molar-refractivity contribution >= 4 is 28.8 Å². The molecule has 0 unspecified atom stereocenters. The van der Waals surface area contributed by atoms with Gasteiger partial charge in [-0.2, -0.15) is 0 Å². The summed E-state index contributed by atoms with van der Waals surface area (Å²) < 4.78 is 0. The Labute approximate surface area is 113 Å². The third-order valence-corrected chi connectivity index (χ3v) is 3.51. The second-order valence-electron chi connectivity index (χ2n) is 4.83. The fourth-order valence-electron chi connectivity index (χ4n) is 2.30. The fraction of sp³-hybridized carbons (Fsp3) is 0.429. The van der Waals surface area contributed by atoms with Gasteiger partial charge < -0.3 is 10.2 Å². The van der Waals surface area contributed by atoms with E-state index >= 15 is 0 Å². The molecule has 1 heterocycles. The molecule has 1 N–H and O–H groups in total. The van der Waals surface area contributed by atoms with Crippen LogP contribution in [0.1, 0.15) is 24.0 Å². The summed E-state index contributed by atoms with van der Waals surface area (Å²) in [6.07, 6.45) is 2.24. The number of likely N-dealkylation sites (tertiary alicyclic amines) is 1. The lowest BCUT2D eigenvalue weighted by atomic mass is 10.1. The lowest BCUT2D eigenvalue weighted by molar-refractivity contribution is -0.110. The lowest BCUT2D eigenvalue weighted by Gasteiger charge is -2.17. The molecule has 1 fully saturated rings. The fourth-order valence-corrected chi connectivity index (χ4v) is 2.53. The van der Waals surface area contributed by atoms with Gasteiger partial charge in [-0.1, -0.05) is 18.3 Å². The zero-order chi connectivity index (χ0) is 13.1. The van der Waals surface area contributed by atoms with E-state index in [-0.39, 0.29) is 5.91 Å². The predicted molar refractivity (Wildman–Crippen MR) is 78.0 cm³/mol. The first kappa shape index (κ1) is 13.0. The van der Waals surface area contributed by atoms with Crippen LogP contribution in [0.25, 0.3) is 0 Å². The average Bonchev–Trinajstić information content (AvgIpc) is 2.79. The molecule has 96 valence electrons. The lowest BCUT2D eigenvalue weighted by Crippen LogP contribution is -2.36. The van der Waals surface area contributed by atoms with Crippen molar-refractivity contribution in [2.24, 2.45) is 0 Å². The number of carbonyl (C=O) groups is 1. The summed E-state index contributed by atoms with van der Waals surface area (Å²) in [5, 5.41) is 2.88. The highest BCUT2D eigenvalue weighted by Gasteiger charge is 2.20. The molecule has 0 spiro atoms. The molecule has 0 aliphatic carbocycles. The molecule has 1 aromatic carbocycles. The minimum atomic E-state index is -0.170. The molecule has 1 saturated heterocycles. The van der Waals surface area contributed by atoms with Crippen LogP contribution in [0.4, 0.5) is 5.69 Å². The number of aryl methyl sites for hydroxylation is 2. The number of benzene rings is 1. The average molecular weight is 262 g/mol. The Morgan fingerprint density at radius 1 is 1.17 bits per heavy atom. The van der Waals surface area contributed by atoms with E-state index in [1.165, 1.54) is 0 Å². The number of nitrogens with one attached hydrogen (secondary N) is 1. The van der Waals surface area contributed by atoms with Gasteiger partial charge in [0.05, 0.1) is 0 Å². The summed E-state index contributed by atoms with van der Waals surface area (Å²) >= 11 is 5.22. The summed E-state index contributed by atoms with van der Waals surface area (Å²) in [7, 11) is 0. The first-order chi connectivity index (χ1) is 8.56. The molecule has 0 bridgehead atoms. The monoisotopic (exact) mass is 262 g/mol. The smallest absolute Gasteiger partial charge is 0.283 e. The normalized spacial score (nSPS) is 14.7. The molecule has 1 amide bonds. The number of carbonyl (C=O) groups excluding carboxylic acids is 1. The first-order valence-electron chi connectivity index (χ1n) is 6.25. The Morgan fingerprint density at radius 2 is 1.72 bits per heavy atom. The van der Waals surface area contributed by atoms with Crippen LogP contribution in [0.5, 0.6) is 0 Å². The summed E-state index contributed by atoms with van der Waals surface area (Å²) in [5.74, 6) is -0.170. The van der Waals surface area contributed by atoms with Crippen molar-refractivity contribution in [2.45, 2.75) is 26.7 Å². The van der Waals surface area contributed by atoms with Crippen LogP contribution in [0, 0.1) is 13.8 Å². The van der Waals surface area contributed by atoms with Crippen LogP contribution in [-0.4, -0.2) is 28.9 Å². The zero-order valence-corrected chi connectivity index (χ0v) is 11.6. The van der Waals surface area contributed by atoms with Crippen molar-refractivity contribution in [1.82, 2.24) is 4.90 Å². The van der Waals surface area contributed by atoms with Gasteiger partial charge in [-0.3, -0.25) is 4.79 Å². The number of thiocarbonyl (C=S) groups is 1. The van der Waals surface area contributed by atoms with Crippen molar-refractivity contribution in [1.29, 1.82) is 0 Å². The van der Waals surface area contributed by atoms with Crippen molar-refractivity contribution in [3.05, 3.63) is 29.3 Å². The Hall–Kier alpha value is -1.42. The van der Waals surface area contributed by atoms with E-state index in [1.807, 2.05) is 30.9 Å². The molecular weight excluding hydrogens is 244 g/mol. The van der Waals surface area contributed by atoms with Gasteiger partial charge in [0.15, 0.2) is 4.99 Å². The van der Waals surface area contributed by atoms with Crippen molar-refractivity contribution in [3.8, 4) is 0 Å². The number of nitrogens with zero attached hydrogens (tertiary/aromatic N) is 1. The molecule has 18 heavy (non-hydrogen) atoms. The van der Waals surface area contributed by atoms with Gasteiger partial charge in [-0.25, -0.2) is 0 Å². The second-order valence-corrected chi connectivity index (χ2v) is 5.22. The van der Waals surface area contributed by atoms with Crippen molar-refractivity contribution in [2.75, 3.05) is 18.4 Å². The molecule has 1 aliphatic heterocycles. The number of hydrogen-bond donors (Lipinski definition) is 1. The van der Waals surface area contributed by atoms with Gasteiger partial charge in [0, 0.05) is 18.8 Å². The number of hydrogen-bond acceptors (Lipinski definition) is 2. The minimum Gasteiger partial charge on any atom is -0.358 e. The Morgan fingerprint density at radius 3 is 2.28 bits per heavy atom. The molecule has 2 rings (SSSR count). The maximum absolute atomic E-state index is 12.0. The van der Waals surface area contributed by atoms with Gasteiger partial charge in [0.25, 0.3) is 5.91 Å². The molecule has 1 aliphatic rings. The van der Waals surface area contributed by atoms with Gasteiger partial charge in [-0.15, -0.1) is 0 Å². The quantitative estimate of drug-likeness (QED) is 0.790. The molecule has 4 heteroatoms. The molecule has 0 atom stereocenters. The highest BCUT2D eigenvalue weighted by atomic mass is 32.1. The van der Waals surface area contributed by atoms with Gasteiger partial charge >= 0.3 is 0 Å². The third kappa shape index (κ3) is 3.07. The largest absolute Gasteiger partial charge is 0.358 e. The second kappa shape index (κ2) is 5.48. The van der Waals surface area contributed by atoms with Gasteiger partial charge in [0.2, 0.25) is 0 Å². The maximum atomic E-state index is 12.0. The van der Waals surface area contributed by atoms with E-state index in [4.69, 9.17) is 12.2 Å². The topological polar surface area (TPSA) is 32.3 Å². The Balaban J connectivity index is 2.04. The molecule has 0 aromatic heterocycles. The maximum Gasteiger partial charge on any atom is 0.283 e. The first-order valence-corrected chi connectivity index (χ1v) is 6.65. The standard InChI is InChI=1S/C14H18N2OS/c1-10-7-11(2)9-12(8-10)15-13(17)14(18)16-5-3-4-6-16/h7-9H,3-6H2,1-2H3,(H,15,17). The SMILES string of the molecule is Cc1cc(C)cc(NC(=O)C(=S)N2CCCC2)c1. The summed E-state index contributed by atoms with van der Waals surface area (Å²) in [6.45, 7) is 5.83. The Kier molecular flexibility index (Phi) is 3.97. The number of anilines is 1. The van der Waals surface area contributed by atoms with Crippen LogP contribution in [0.2, 0.25) is 0 Å². The van der Waals surface area contributed by atoms with E-state index in [0.717, 1.165) is 42.7 Å². The van der Waals surface area contributed by atoms with E-state index in [1.54, 1.807) is 0 Å². The number of rotatable bonds is 1. The summed E-state index contributed by atoms with van der Waals surface area (Å²) in [5.41, 5.74) is 3.09. The van der Waals surface area contributed by atoms with E-state index in [2.05, 4.69) is 11.4 Å². The van der Waals surface area contributed by atoms with Gasteiger partial charge in [0.1, 0.15) is 0 Å². The molecule has 0 saturated carbocycles. The van der Waals surface area contributed by atoms with Gasteiger partial charge in [-0.05, 0) is 49.9 Å². The number of amides is 1. The highest BCUT2D eigenvalue weighted by Crippen LogP contribution is 2.15. The van der Waals surface area contributed by atoms with Crippen molar-refractivity contribution in [3.63, 3.8) is 0 Å². The third-order valence-electron chi connectivity index (χ3n) is 3.07. The van der Waals surface area contributed by atoms with Crippen LogP contribution >= 0.6 is 12.2 Å². The zero-order valence-electron chi connectivity index (χ0n) is 10.8. The van der Waals surface area contributed by atoms with Crippen molar-refractivity contribution < 1.29 is 4.79 Å². The van der Waals surface area contributed by atoms with Crippen LogP contribution in [0.15, 0.2) is 18.2 Å². The van der Waals surface area contributed by atoms with E-state index < -0.39 is 0 Å². The summed E-state index contributed by atoms with van der Waals surface area (Å²) in [4.78, 5) is 14.4. The Bertz CT molecular complexity index is 458. The van der Waals surface area contributed by atoms with E-state index in [9.17, 15) is 4.79 Å². The van der Waals surface area contributed by atoms with Crippen LogP contribution < -0.4 is 5.32 Å². The summed E-state index contributed by atoms with van der Waals surface area (Å²) in [6, 6.07) is 5.99. The molecular formula is C14H18N2OS. The van der Waals surface area contributed by atoms with E-state index in [0.29, 0.717) is 4.99 Å². The van der Waals surface area contributed by atoms with Crippen LogP contribution in [0.3, 0.4) is 0 Å². The molecule has 1 aromatic rings. The van der Waals surface area contributed by atoms with Crippen LogP contribution in [-0.2, 0) is 4.79 Å².